The minimum Gasteiger partial charge on any atom is -0.478 e. The van der Waals surface area contributed by atoms with Crippen molar-refractivity contribution in [2.45, 2.75) is 13.5 Å². The molecule has 0 aliphatic rings. The molecular formula is C12H10N4O2S. The lowest BCUT2D eigenvalue weighted by atomic mass is 10.2. The Kier molecular flexibility index (Phi) is 2.75. The van der Waals surface area contributed by atoms with Crippen LogP contribution in [0.25, 0.3) is 11.0 Å². The van der Waals surface area contributed by atoms with Crippen LogP contribution in [0.5, 0.6) is 0 Å². The number of hydrogen-bond donors (Lipinski definition) is 1. The van der Waals surface area contributed by atoms with Crippen LogP contribution in [-0.2, 0) is 6.54 Å². The lowest BCUT2D eigenvalue weighted by Gasteiger charge is -1.99. The minimum atomic E-state index is -0.997. The fourth-order valence-corrected chi connectivity index (χ4v) is 2.64. The van der Waals surface area contributed by atoms with E-state index in [0.717, 1.165) is 10.7 Å². The van der Waals surface area contributed by atoms with Crippen LogP contribution in [0.2, 0.25) is 0 Å². The van der Waals surface area contributed by atoms with E-state index in [-0.39, 0.29) is 5.56 Å². The van der Waals surface area contributed by atoms with E-state index in [2.05, 4.69) is 15.3 Å². The molecule has 6 nitrogen and oxygen atoms in total. The number of aromatic nitrogens is 4. The third-order valence-electron chi connectivity index (χ3n) is 2.73. The molecule has 0 radical (unpaired) electrons. The van der Waals surface area contributed by atoms with Gasteiger partial charge in [0.1, 0.15) is 10.5 Å². The van der Waals surface area contributed by atoms with Crippen molar-refractivity contribution >= 4 is 28.3 Å². The highest BCUT2D eigenvalue weighted by atomic mass is 32.1. The zero-order chi connectivity index (χ0) is 13.4. The van der Waals surface area contributed by atoms with Crippen LogP contribution in [0.4, 0.5) is 0 Å². The summed E-state index contributed by atoms with van der Waals surface area (Å²) in [6.45, 7) is 2.43. The molecule has 7 heteroatoms. The molecule has 0 aliphatic heterocycles. The topological polar surface area (TPSA) is 80.9 Å². The van der Waals surface area contributed by atoms with Gasteiger partial charge in [-0.2, -0.15) is 0 Å². The summed E-state index contributed by atoms with van der Waals surface area (Å²) >= 11 is 1.55. The average molecular weight is 274 g/mol. The maximum absolute atomic E-state index is 11.1. The standard InChI is InChI=1S/C12H10N4O2S/c1-7-6-19-10(13-7)5-16-9-4-2-3-8(12(17)18)11(9)14-15-16/h2-4,6H,5H2,1H3,(H,17,18). The predicted octanol–water partition coefficient (Wildman–Crippen LogP) is 1.94. The largest absolute Gasteiger partial charge is 0.478 e. The summed E-state index contributed by atoms with van der Waals surface area (Å²) in [7, 11) is 0. The van der Waals surface area contributed by atoms with E-state index in [9.17, 15) is 4.79 Å². The molecule has 0 spiro atoms. The van der Waals surface area contributed by atoms with E-state index in [1.807, 2.05) is 18.4 Å². The summed E-state index contributed by atoms with van der Waals surface area (Å²) in [4.78, 5) is 15.5. The van der Waals surface area contributed by atoms with Gasteiger partial charge in [0.05, 0.1) is 17.6 Å². The van der Waals surface area contributed by atoms with Crippen molar-refractivity contribution in [1.29, 1.82) is 0 Å². The third kappa shape index (κ3) is 2.08. The molecule has 1 aromatic carbocycles. The molecule has 2 heterocycles. The van der Waals surface area contributed by atoms with Crippen molar-refractivity contribution in [2.24, 2.45) is 0 Å². The Balaban J connectivity index is 2.06. The van der Waals surface area contributed by atoms with E-state index in [0.29, 0.717) is 17.6 Å². The number of carboxylic acids is 1. The Morgan fingerprint density at radius 1 is 1.47 bits per heavy atom. The number of fused-ring (bicyclic) bond motifs is 1. The fraction of sp³-hybridized carbons (Fsp3) is 0.167. The van der Waals surface area contributed by atoms with Crippen LogP contribution < -0.4 is 0 Å². The molecule has 0 unspecified atom stereocenters. The second-order valence-corrected chi connectivity index (χ2v) is 5.05. The van der Waals surface area contributed by atoms with Crippen molar-refractivity contribution < 1.29 is 9.90 Å². The van der Waals surface area contributed by atoms with Gasteiger partial charge in [-0.1, -0.05) is 11.3 Å². The molecule has 0 atom stereocenters. The molecule has 0 amide bonds. The molecule has 0 bridgehead atoms. The Labute approximate surface area is 112 Å². The zero-order valence-corrected chi connectivity index (χ0v) is 10.9. The van der Waals surface area contributed by atoms with E-state index < -0.39 is 5.97 Å². The Morgan fingerprint density at radius 2 is 2.32 bits per heavy atom. The number of aryl methyl sites for hydroxylation is 1. The van der Waals surface area contributed by atoms with E-state index in [1.165, 1.54) is 6.07 Å². The number of carboxylic acid groups (broad SMARTS) is 1. The Hall–Kier alpha value is -2.28. The number of nitrogens with zero attached hydrogens (tertiary/aromatic N) is 4. The second kappa shape index (κ2) is 4.43. The fourth-order valence-electron chi connectivity index (χ4n) is 1.88. The van der Waals surface area contributed by atoms with Gasteiger partial charge in [-0.05, 0) is 19.1 Å². The molecule has 0 aliphatic carbocycles. The normalized spacial score (nSPS) is 11.0. The molecule has 1 N–H and O–H groups in total. The highest BCUT2D eigenvalue weighted by Gasteiger charge is 2.14. The van der Waals surface area contributed by atoms with Gasteiger partial charge in [0.25, 0.3) is 0 Å². The highest BCUT2D eigenvalue weighted by Crippen LogP contribution is 2.18. The number of hydrogen-bond acceptors (Lipinski definition) is 5. The second-order valence-electron chi connectivity index (χ2n) is 4.11. The van der Waals surface area contributed by atoms with Gasteiger partial charge in [-0.3, -0.25) is 0 Å². The van der Waals surface area contributed by atoms with Gasteiger partial charge < -0.3 is 5.11 Å². The summed E-state index contributed by atoms with van der Waals surface area (Å²) in [6, 6.07) is 5.03. The van der Waals surface area contributed by atoms with Gasteiger partial charge in [0.2, 0.25) is 0 Å². The highest BCUT2D eigenvalue weighted by molar-refractivity contribution is 7.09. The van der Waals surface area contributed by atoms with E-state index >= 15 is 0 Å². The molecule has 0 saturated heterocycles. The lowest BCUT2D eigenvalue weighted by Crippen LogP contribution is -2.02. The van der Waals surface area contributed by atoms with Crippen LogP contribution >= 0.6 is 11.3 Å². The van der Waals surface area contributed by atoms with Gasteiger partial charge in [-0.15, -0.1) is 16.4 Å². The van der Waals surface area contributed by atoms with Crippen LogP contribution in [0.15, 0.2) is 23.6 Å². The number of carbonyl (C=O) groups is 1. The molecule has 3 aromatic rings. The molecule has 96 valence electrons. The summed E-state index contributed by atoms with van der Waals surface area (Å²) in [5, 5.41) is 20.0. The van der Waals surface area contributed by atoms with Crippen LogP contribution in [0.1, 0.15) is 21.1 Å². The summed E-state index contributed by atoms with van der Waals surface area (Å²) in [5.41, 5.74) is 2.24. The zero-order valence-electron chi connectivity index (χ0n) is 10.1. The van der Waals surface area contributed by atoms with Gasteiger partial charge in [-0.25, -0.2) is 14.5 Å². The first kappa shape index (κ1) is 11.8. The number of aromatic carboxylic acids is 1. The quantitative estimate of drug-likeness (QED) is 0.789. The minimum absolute atomic E-state index is 0.166. The first-order chi connectivity index (χ1) is 9.15. The molecule has 2 aromatic heterocycles. The van der Waals surface area contributed by atoms with Crippen molar-refractivity contribution in [2.75, 3.05) is 0 Å². The summed E-state index contributed by atoms with van der Waals surface area (Å²) in [6.07, 6.45) is 0. The number of thiazole rings is 1. The monoisotopic (exact) mass is 274 g/mol. The first-order valence-corrected chi connectivity index (χ1v) is 6.49. The molecular weight excluding hydrogens is 264 g/mol. The van der Waals surface area contributed by atoms with E-state index in [4.69, 9.17) is 5.11 Å². The summed E-state index contributed by atoms with van der Waals surface area (Å²) in [5.74, 6) is -0.997. The SMILES string of the molecule is Cc1csc(Cn2nnc3c(C(=O)O)cccc32)n1. The Bertz CT molecular complexity index is 762. The molecule has 3 rings (SSSR count). The molecule has 0 fully saturated rings. The van der Waals surface area contributed by atoms with Gasteiger partial charge >= 0.3 is 5.97 Å². The molecule has 19 heavy (non-hydrogen) atoms. The van der Waals surface area contributed by atoms with Crippen molar-refractivity contribution in [3.63, 3.8) is 0 Å². The molecule has 0 saturated carbocycles. The lowest BCUT2D eigenvalue weighted by molar-refractivity contribution is 0.0699. The first-order valence-electron chi connectivity index (χ1n) is 5.61. The maximum Gasteiger partial charge on any atom is 0.338 e. The summed E-state index contributed by atoms with van der Waals surface area (Å²) < 4.78 is 1.67. The Morgan fingerprint density at radius 3 is 3.00 bits per heavy atom. The van der Waals surface area contributed by atoms with Gasteiger partial charge in [0, 0.05) is 11.1 Å². The van der Waals surface area contributed by atoms with E-state index in [1.54, 1.807) is 22.1 Å². The van der Waals surface area contributed by atoms with Crippen LogP contribution in [0, 0.1) is 6.92 Å². The van der Waals surface area contributed by atoms with Crippen molar-refractivity contribution in [1.82, 2.24) is 20.0 Å². The van der Waals surface area contributed by atoms with Crippen LogP contribution in [-0.4, -0.2) is 31.1 Å². The average Bonchev–Trinajstić information content (AvgIpc) is 2.97. The number of benzene rings is 1. The van der Waals surface area contributed by atoms with Gasteiger partial charge in [0.15, 0.2) is 0 Å². The van der Waals surface area contributed by atoms with Crippen LogP contribution in [0.3, 0.4) is 0 Å². The smallest absolute Gasteiger partial charge is 0.338 e. The number of rotatable bonds is 3. The third-order valence-corrected chi connectivity index (χ3v) is 3.68. The maximum atomic E-state index is 11.1. The van der Waals surface area contributed by atoms with Crippen molar-refractivity contribution in [3.05, 3.63) is 39.8 Å². The predicted molar refractivity (Wildman–Crippen MR) is 70.4 cm³/mol. The van der Waals surface area contributed by atoms with Crippen molar-refractivity contribution in [3.8, 4) is 0 Å².